The van der Waals surface area contributed by atoms with E-state index in [0.717, 1.165) is 12.2 Å². The first-order valence-electron chi connectivity index (χ1n) is 5.69. The van der Waals surface area contributed by atoms with Crippen LogP contribution in [-0.2, 0) is 6.61 Å². The summed E-state index contributed by atoms with van der Waals surface area (Å²) in [7, 11) is 2.01. The number of aliphatic hydroxyl groups excluding tert-OH is 1. The van der Waals surface area contributed by atoms with Gasteiger partial charge in [-0.15, -0.1) is 0 Å². The lowest BCUT2D eigenvalue weighted by atomic mass is 10.0. The van der Waals surface area contributed by atoms with E-state index in [1.807, 2.05) is 7.05 Å². The Bertz CT molecular complexity index is 328. The van der Waals surface area contributed by atoms with Crippen LogP contribution >= 0.6 is 0 Å². The molecule has 1 atom stereocenters. The molecule has 1 N–H and O–H groups in total. The third-order valence-corrected chi connectivity index (χ3v) is 2.67. The van der Waals surface area contributed by atoms with Crippen molar-refractivity contribution in [3.63, 3.8) is 0 Å². The molecule has 0 radical (unpaired) electrons. The van der Waals surface area contributed by atoms with Gasteiger partial charge in [-0.2, -0.15) is 0 Å². The fourth-order valence-corrected chi connectivity index (χ4v) is 1.71. The molecule has 0 aliphatic rings. The number of aromatic nitrogens is 2. The van der Waals surface area contributed by atoms with Gasteiger partial charge in [0.2, 0.25) is 0 Å². The molecule has 1 heterocycles. The molecule has 1 aromatic rings. The molecule has 4 heteroatoms. The van der Waals surface area contributed by atoms with Crippen molar-refractivity contribution in [1.29, 1.82) is 0 Å². The Morgan fingerprint density at radius 2 is 2.00 bits per heavy atom. The van der Waals surface area contributed by atoms with E-state index >= 15 is 0 Å². The average Bonchev–Trinajstić information content (AvgIpc) is 2.27. The van der Waals surface area contributed by atoms with Crippen molar-refractivity contribution in [2.24, 2.45) is 5.92 Å². The van der Waals surface area contributed by atoms with Crippen molar-refractivity contribution in [2.75, 3.05) is 11.9 Å². The minimum absolute atomic E-state index is 0.0623. The molecule has 90 valence electrons. The van der Waals surface area contributed by atoms with Gasteiger partial charge in [-0.3, -0.25) is 4.98 Å². The summed E-state index contributed by atoms with van der Waals surface area (Å²) in [5.41, 5.74) is 0.612. The predicted octanol–water partition coefficient (Wildman–Crippen LogP) is 1.84. The minimum atomic E-state index is -0.0623. The van der Waals surface area contributed by atoms with E-state index in [9.17, 15) is 0 Å². The average molecular weight is 223 g/mol. The number of anilines is 1. The zero-order valence-corrected chi connectivity index (χ0v) is 10.5. The number of aliphatic hydroxyl groups is 1. The highest BCUT2D eigenvalue weighted by molar-refractivity contribution is 5.36. The minimum Gasteiger partial charge on any atom is -0.390 e. The van der Waals surface area contributed by atoms with E-state index in [1.54, 1.807) is 12.4 Å². The smallest absolute Gasteiger partial charge is 0.147 e. The fraction of sp³-hybridized carbons (Fsp3) is 0.667. The summed E-state index contributed by atoms with van der Waals surface area (Å²) in [6.45, 7) is 6.53. The molecule has 0 amide bonds. The summed E-state index contributed by atoms with van der Waals surface area (Å²) in [5, 5.41) is 9.01. The van der Waals surface area contributed by atoms with Gasteiger partial charge in [0.1, 0.15) is 5.82 Å². The first-order chi connectivity index (χ1) is 7.54. The van der Waals surface area contributed by atoms with Gasteiger partial charge >= 0.3 is 0 Å². The largest absolute Gasteiger partial charge is 0.390 e. The zero-order chi connectivity index (χ0) is 12.1. The van der Waals surface area contributed by atoms with E-state index in [0.29, 0.717) is 17.7 Å². The van der Waals surface area contributed by atoms with Gasteiger partial charge in [0.25, 0.3) is 0 Å². The van der Waals surface area contributed by atoms with E-state index in [2.05, 4.69) is 35.6 Å². The van der Waals surface area contributed by atoms with Gasteiger partial charge in [0.05, 0.1) is 24.7 Å². The Labute approximate surface area is 97.3 Å². The van der Waals surface area contributed by atoms with E-state index < -0.39 is 0 Å². The van der Waals surface area contributed by atoms with Crippen LogP contribution in [0.4, 0.5) is 5.82 Å². The Hall–Kier alpha value is -1.16. The number of hydrogen-bond acceptors (Lipinski definition) is 4. The van der Waals surface area contributed by atoms with Gasteiger partial charge in [0.15, 0.2) is 0 Å². The van der Waals surface area contributed by atoms with Gasteiger partial charge in [0, 0.05) is 13.1 Å². The van der Waals surface area contributed by atoms with Crippen molar-refractivity contribution in [2.45, 2.75) is 39.8 Å². The van der Waals surface area contributed by atoms with Crippen LogP contribution in [0.1, 0.15) is 32.9 Å². The van der Waals surface area contributed by atoms with E-state index in [-0.39, 0.29) is 6.61 Å². The molecule has 0 aliphatic heterocycles. The van der Waals surface area contributed by atoms with Crippen molar-refractivity contribution in [1.82, 2.24) is 9.97 Å². The Morgan fingerprint density at radius 3 is 2.56 bits per heavy atom. The van der Waals surface area contributed by atoms with Gasteiger partial charge in [-0.25, -0.2) is 4.98 Å². The first-order valence-corrected chi connectivity index (χ1v) is 5.69. The normalized spacial score (nSPS) is 12.9. The van der Waals surface area contributed by atoms with Gasteiger partial charge in [-0.05, 0) is 19.3 Å². The summed E-state index contributed by atoms with van der Waals surface area (Å²) in [4.78, 5) is 10.5. The first kappa shape index (κ1) is 12.9. The van der Waals surface area contributed by atoms with Crippen LogP contribution in [0.25, 0.3) is 0 Å². The summed E-state index contributed by atoms with van der Waals surface area (Å²) in [6.07, 6.45) is 4.43. The SMILES string of the molecule is CC(C)CC(C)N(C)c1cncc(CO)n1. The van der Waals surface area contributed by atoms with Crippen LogP contribution in [0, 0.1) is 5.92 Å². The Morgan fingerprint density at radius 1 is 1.31 bits per heavy atom. The molecule has 0 bridgehead atoms. The quantitative estimate of drug-likeness (QED) is 0.827. The molecular weight excluding hydrogens is 202 g/mol. The molecule has 0 saturated heterocycles. The van der Waals surface area contributed by atoms with Crippen LogP contribution in [0.3, 0.4) is 0 Å². The molecule has 0 aliphatic carbocycles. The third kappa shape index (κ3) is 3.45. The van der Waals surface area contributed by atoms with Crippen molar-refractivity contribution in [3.8, 4) is 0 Å². The van der Waals surface area contributed by atoms with Crippen molar-refractivity contribution >= 4 is 5.82 Å². The molecule has 16 heavy (non-hydrogen) atoms. The fourth-order valence-electron chi connectivity index (χ4n) is 1.71. The third-order valence-electron chi connectivity index (χ3n) is 2.67. The Kier molecular flexibility index (Phi) is 4.68. The van der Waals surface area contributed by atoms with Gasteiger partial charge < -0.3 is 10.0 Å². The van der Waals surface area contributed by atoms with Crippen molar-refractivity contribution < 1.29 is 5.11 Å². The van der Waals surface area contributed by atoms with Crippen molar-refractivity contribution in [3.05, 3.63) is 18.1 Å². The monoisotopic (exact) mass is 223 g/mol. The highest BCUT2D eigenvalue weighted by atomic mass is 16.3. The molecule has 0 aromatic carbocycles. The zero-order valence-electron chi connectivity index (χ0n) is 10.5. The summed E-state index contributed by atoms with van der Waals surface area (Å²) >= 11 is 0. The molecule has 0 spiro atoms. The molecule has 1 unspecified atom stereocenters. The summed E-state index contributed by atoms with van der Waals surface area (Å²) < 4.78 is 0. The van der Waals surface area contributed by atoms with Crippen LogP contribution in [0.5, 0.6) is 0 Å². The maximum Gasteiger partial charge on any atom is 0.147 e. The van der Waals surface area contributed by atoms with Crippen LogP contribution in [-0.4, -0.2) is 28.2 Å². The lowest BCUT2D eigenvalue weighted by Crippen LogP contribution is -2.31. The predicted molar refractivity (Wildman–Crippen MR) is 65.3 cm³/mol. The second-order valence-electron chi connectivity index (χ2n) is 4.62. The topological polar surface area (TPSA) is 49.2 Å². The number of hydrogen-bond donors (Lipinski definition) is 1. The lowest BCUT2D eigenvalue weighted by Gasteiger charge is -2.27. The lowest BCUT2D eigenvalue weighted by molar-refractivity contribution is 0.276. The molecule has 4 nitrogen and oxygen atoms in total. The second kappa shape index (κ2) is 5.80. The number of rotatable bonds is 5. The molecule has 1 rings (SSSR count). The van der Waals surface area contributed by atoms with Crippen LogP contribution in [0.2, 0.25) is 0 Å². The van der Waals surface area contributed by atoms with Crippen LogP contribution < -0.4 is 4.90 Å². The van der Waals surface area contributed by atoms with Gasteiger partial charge in [-0.1, -0.05) is 13.8 Å². The molecular formula is C12H21N3O. The highest BCUT2D eigenvalue weighted by Crippen LogP contribution is 2.16. The molecule has 1 aromatic heterocycles. The molecule has 0 fully saturated rings. The molecule has 0 saturated carbocycles. The Balaban J connectivity index is 2.74. The summed E-state index contributed by atoms with van der Waals surface area (Å²) in [6, 6.07) is 0.420. The standard InChI is InChI=1S/C12H21N3O/c1-9(2)5-10(3)15(4)12-7-13-6-11(8-16)14-12/h6-7,9-10,16H,5,8H2,1-4H3. The van der Waals surface area contributed by atoms with Crippen LogP contribution in [0.15, 0.2) is 12.4 Å². The summed E-state index contributed by atoms with van der Waals surface area (Å²) in [5.74, 6) is 1.48. The van der Waals surface area contributed by atoms with E-state index in [1.165, 1.54) is 0 Å². The van der Waals surface area contributed by atoms with E-state index in [4.69, 9.17) is 5.11 Å². The maximum atomic E-state index is 9.01. The maximum absolute atomic E-state index is 9.01. The highest BCUT2D eigenvalue weighted by Gasteiger charge is 2.13. The number of nitrogens with zero attached hydrogens (tertiary/aromatic N) is 3. The second-order valence-corrected chi connectivity index (χ2v) is 4.62.